The van der Waals surface area contributed by atoms with E-state index in [-0.39, 0.29) is 36.2 Å². The molecule has 0 fully saturated rings. The Morgan fingerprint density at radius 3 is 2.12 bits per heavy atom. The van der Waals surface area contributed by atoms with E-state index in [4.69, 9.17) is 4.74 Å². The maximum absolute atomic E-state index is 13.0. The van der Waals surface area contributed by atoms with Gasteiger partial charge in [0.2, 0.25) is 0 Å². The van der Waals surface area contributed by atoms with Crippen LogP contribution in [0.25, 0.3) is 0 Å². The fourth-order valence-electron chi connectivity index (χ4n) is 2.31. The van der Waals surface area contributed by atoms with Gasteiger partial charge < -0.3 is 9.84 Å². The van der Waals surface area contributed by atoms with Gasteiger partial charge in [-0.15, -0.1) is 0 Å². The smallest absolute Gasteiger partial charge is 0.358 e. The number of halogens is 2. The van der Waals surface area contributed by atoms with Crippen molar-refractivity contribution in [2.75, 3.05) is 0 Å². The van der Waals surface area contributed by atoms with Crippen LogP contribution in [0.2, 0.25) is 0 Å². The largest absolute Gasteiger partial charge is 0.485 e. The highest BCUT2D eigenvalue weighted by molar-refractivity contribution is 5.88. The standard InChI is InChI=1S/C18H14F2N2O3/c19-14-5-1-12(2-6-14)10-22-17(18(23)24)16(9-21-22)25-11-13-3-7-15(20)8-4-13/h1-9H,10-11H2,(H,23,24). The molecule has 3 rings (SSSR count). The number of carbonyl (C=O) groups is 1. The summed E-state index contributed by atoms with van der Waals surface area (Å²) >= 11 is 0. The van der Waals surface area contributed by atoms with Crippen LogP contribution in [0.1, 0.15) is 21.6 Å². The highest BCUT2D eigenvalue weighted by atomic mass is 19.1. The van der Waals surface area contributed by atoms with Gasteiger partial charge in [-0.1, -0.05) is 24.3 Å². The van der Waals surface area contributed by atoms with Gasteiger partial charge in [-0.25, -0.2) is 13.6 Å². The van der Waals surface area contributed by atoms with E-state index in [1.807, 2.05) is 0 Å². The second-order valence-corrected chi connectivity index (χ2v) is 5.36. The maximum Gasteiger partial charge on any atom is 0.358 e. The zero-order valence-corrected chi connectivity index (χ0v) is 13.0. The quantitative estimate of drug-likeness (QED) is 0.743. The third kappa shape index (κ3) is 4.00. The highest BCUT2D eigenvalue weighted by Gasteiger charge is 2.19. The predicted octanol–water partition coefficient (Wildman–Crippen LogP) is 3.49. The van der Waals surface area contributed by atoms with E-state index in [1.54, 1.807) is 24.3 Å². The number of carboxylic acids is 1. The molecule has 1 heterocycles. The SMILES string of the molecule is O=C(O)c1c(OCc2ccc(F)cc2)cnn1Cc1ccc(F)cc1. The van der Waals surface area contributed by atoms with Gasteiger partial charge in [0.15, 0.2) is 11.4 Å². The molecule has 0 aliphatic carbocycles. The van der Waals surface area contributed by atoms with E-state index in [0.717, 1.165) is 0 Å². The van der Waals surface area contributed by atoms with Crippen molar-refractivity contribution in [1.29, 1.82) is 0 Å². The van der Waals surface area contributed by atoms with Gasteiger partial charge in [0.25, 0.3) is 0 Å². The summed E-state index contributed by atoms with van der Waals surface area (Å²) in [7, 11) is 0. The van der Waals surface area contributed by atoms with Crippen molar-refractivity contribution in [2.24, 2.45) is 0 Å². The van der Waals surface area contributed by atoms with E-state index < -0.39 is 5.97 Å². The van der Waals surface area contributed by atoms with Gasteiger partial charge in [0, 0.05) is 0 Å². The Bertz CT molecular complexity index is 874. The normalized spacial score (nSPS) is 10.6. The zero-order chi connectivity index (χ0) is 17.8. The van der Waals surface area contributed by atoms with Crippen LogP contribution in [0.15, 0.2) is 54.7 Å². The molecule has 25 heavy (non-hydrogen) atoms. The second kappa shape index (κ2) is 7.12. The fraction of sp³-hybridized carbons (Fsp3) is 0.111. The molecule has 1 aromatic heterocycles. The van der Waals surface area contributed by atoms with Crippen LogP contribution < -0.4 is 4.74 Å². The van der Waals surface area contributed by atoms with Gasteiger partial charge in [-0.3, -0.25) is 4.68 Å². The molecule has 0 atom stereocenters. The topological polar surface area (TPSA) is 64.3 Å². The predicted molar refractivity (Wildman–Crippen MR) is 85.4 cm³/mol. The van der Waals surface area contributed by atoms with Crippen molar-refractivity contribution in [2.45, 2.75) is 13.2 Å². The highest BCUT2D eigenvalue weighted by Crippen LogP contribution is 2.21. The lowest BCUT2D eigenvalue weighted by Gasteiger charge is -2.08. The summed E-state index contributed by atoms with van der Waals surface area (Å²) in [5, 5.41) is 13.5. The van der Waals surface area contributed by atoms with Gasteiger partial charge in [-0.05, 0) is 35.4 Å². The molecular weight excluding hydrogens is 330 g/mol. The van der Waals surface area contributed by atoms with Crippen LogP contribution in [0, 0.1) is 11.6 Å². The summed E-state index contributed by atoms with van der Waals surface area (Å²) in [5.41, 5.74) is 1.30. The van der Waals surface area contributed by atoms with E-state index >= 15 is 0 Å². The minimum absolute atomic E-state index is 0.0861. The maximum atomic E-state index is 13.0. The zero-order valence-electron chi connectivity index (χ0n) is 13.0. The van der Waals surface area contributed by atoms with Crippen LogP contribution in [-0.4, -0.2) is 20.9 Å². The number of hydrogen-bond acceptors (Lipinski definition) is 3. The Labute approximate surface area is 142 Å². The number of rotatable bonds is 6. The lowest BCUT2D eigenvalue weighted by Crippen LogP contribution is -2.12. The van der Waals surface area contributed by atoms with E-state index in [1.165, 1.54) is 35.1 Å². The number of hydrogen-bond donors (Lipinski definition) is 1. The molecule has 0 aliphatic heterocycles. The van der Waals surface area contributed by atoms with Gasteiger partial charge in [-0.2, -0.15) is 5.10 Å². The van der Waals surface area contributed by atoms with Gasteiger partial charge in [0.05, 0.1) is 12.7 Å². The molecular formula is C18H14F2N2O3. The summed E-state index contributed by atoms with van der Waals surface area (Å²) in [6.45, 7) is 0.255. The lowest BCUT2D eigenvalue weighted by molar-refractivity contribution is 0.0678. The third-order valence-electron chi connectivity index (χ3n) is 3.56. The van der Waals surface area contributed by atoms with Crippen molar-refractivity contribution in [3.05, 3.63) is 83.2 Å². The number of ether oxygens (including phenoxy) is 1. The first-order chi connectivity index (χ1) is 12.0. The van der Waals surface area contributed by atoms with Crippen LogP contribution in [0.4, 0.5) is 8.78 Å². The molecule has 0 radical (unpaired) electrons. The summed E-state index contributed by atoms with van der Waals surface area (Å²) < 4.78 is 32.7. The Morgan fingerprint density at radius 1 is 1.00 bits per heavy atom. The number of carboxylic acid groups (broad SMARTS) is 1. The van der Waals surface area contributed by atoms with Crippen molar-refractivity contribution < 1.29 is 23.4 Å². The Morgan fingerprint density at radius 2 is 1.56 bits per heavy atom. The van der Waals surface area contributed by atoms with E-state index in [0.29, 0.717) is 11.1 Å². The molecule has 0 bridgehead atoms. The average Bonchev–Trinajstić information content (AvgIpc) is 2.99. The van der Waals surface area contributed by atoms with Gasteiger partial charge >= 0.3 is 5.97 Å². The van der Waals surface area contributed by atoms with Crippen LogP contribution in [0.3, 0.4) is 0 Å². The monoisotopic (exact) mass is 344 g/mol. The molecule has 7 heteroatoms. The summed E-state index contributed by atoms with van der Waals surface area (Å²) in [6, 6.07) is 11.4. The molecule has 0 aliphatic rings. The Balaban J connectivity index is 1.78. The molecule has 3 aromatic rings. The van der Waals surface area contributed by atoms with Crippen LogP contribution in [0.5, 0.6) is 5.75 Å². The van der Waals surface area contributed by atoms with Crippen LogP contribution in [-0.2, 0) is 13.2 Å². The minimum Gasteiger partial charge on any atom is -0.485 e. The second-order valence-electron chi connectivity index (χ2n) is 5.36. The molecule has 128 valence electrons. The first-order valence-corrected chi connectivity index (χ1v) is 7.44. The first-order valence-electron chi connectivity index (χ1n) is 7.44. The van der Waals surface area contributed by atoms with Crippen molar-refractivity contribution in [3.8, 4) is 5.75 Å². The van der Waals surface area contributed by atoms with Crippen LogP contribution >= 0.6 is 0 Å². The summed E-state index contributed by atoms with van der Waals surface area (Å²) in [5.74, 6) is -1.80. The van der Waals surface area contributed by atoms with Gasteiger partial charge in [0.1, 0.15) is 18.2 Å². The molecule has 0 amide bonds. The van der Waals surface area contributed by atoms with Crippen molar-refractivity contribution in [3.63, 3.8) is 0 Å². The van der Waals surface area contributed by atoms with E-state index in [2.05, 4.69) is 5.10 Å². The average molecular weight is 344 g/mol. The lowest BCUT2D eigenvalue weighted by atomic mass is 10.2. The summed E-state index contributed by atoms with van der Waals surface area (Å²) in [6.07, 6.45) is 1.32. The fourth-order valence-corrected chi connectivity index (χ4v) is 2.31. The number of aromatic carboxylic acids is 1. The molecule has 1 N–H and O–H groups in total. The molecule has 5 nitrogen and oxygen atoms in total. The molecule has 2 aromatic carbocycles. The van der Waals surface area contributed by atoms with Crippen molar-refractivity contribution >= 4 is 5.97 Å². The Hall–Kier alpha value is -3.22. The van der Waals surface area contributed by atoms with Crippen molar-refractivity contribution in [1.82, 2.24) is 9.78 Å². The molecule has 0 saturated heterocycles. The Kier molecular flexibility index (Phi) is 4.74. The van der Waals surface area contributed by atoms with E-state index in [9.17, 15) is 18.7 Å². The number of benzene rings is 2. The first kappa shape index (κ1) is 16.6. The minimum atomic E-state index is -1.19. The number of aromatic nitrogens is 2. The molecule has 0 unspecified atom stereocenters. The molecule has 0 spiro atoms. The summed E-state index contributed by atoms with van der Waals surface area (Å²) in [4.78, 5) is 11.6. The third-order valence-corrected chi connectivity index (χ3v) is 3.56. The number of nitrogens with zero attached hydrogens (tertiary/aromatic N) is 2. The molecule has 0 saturated carbocycles.